The van der Waals surface area contributed by atoms with Crippen LogP contribution < -0.4 is 0 Å². The van der Waals surface area contributed by atoms with Gasteiger partial charge >= 0.3 is 0 Å². The minimum absolute atomic E-state index is 0.0592. The van der Waals surface area contributed by atoms with E-state index in [1.54, 1.807) is 6.92 Å². The third-order valence-corrected chi connectivity index (χ3v) is 6.02. The van der Waals surface area contributed by atoms with Gasteiger partial charge in [0.25, 0.3) is 0 Å². The third-order valence-electron chi connectivity index (χ3n) is 6.02. The molecule has 0 radical (unpaired) electrons. The second kappa shape index (κ2) is 6.28. The second-order valence-corrected chi connectivity index (χ2v) is 7.86. The van der Waals surface area contributed by atoms with Crippen LogP contribution in [0.15, 0.2) is 30.3 Å². The SMILES string of the molecule is CC(=O)CC1N2CCCC2C([N+](=O)[O-])C(c2ccccc2)C1(C)C. The molecule has 0 spiro atoms. The van der Waals surface area contributed by atoms with Gasteiger partial charge in [0.1, 0.15) is 5.78 Å². The molecule has 5 nitrogen and oxygen atoms in total. The number of nitrogens with zero attached hydrogens (tertiary/aromatic N) is 2. The van der Waals surface area contributed by atoms with Crippen LogP contribution in [0.2, 0.25) is 0 Å². The molecule has 130 valence electrons. The summed E-state index contributed by atoms with van der Waals surface area (Å²) in [5.74, 6) is -0.0255. The molecule has 0 amide bonds. The van der Waals surface area contributed by atoms with Crippen LogP contribution in [0.5, 0.6) is 0 Å². The maximum absolute atomic E-state index is 12.0. The number of fused-ring (bicyclic) bond motifs is 1. The molecule has 0 N–H and O–H groups in total. The number of rotatable bonds is 4. The Morgan fingerprint density at radius 1 is 1.33 bits per heavy atom. The molecule has 2 aliphatic rings. The Morgan fingerprint density at radius 3 is 2.58 bits per heavy atom. The van der Waals surface area contributed by atoms with E-state index >= 15 is 0 Å². The van der Waals surface area contributed by atoms with Gasteiger partial charge in [-0.2, -0.15) is 0 Å². The monoisotopic (exact) mass is 330 g/mol. The molecular weight excluding hydrogens is 304 g/mol. The number of hydrogen-bond acceptors (Lipinski definition) is 4. The van der Waals surface area contributed by atoms with E-state index in [1.807, 2.05) is 30.3 Å². The zero-order valence-corrected chi connectivity index (χ0v) is 14.6. The summed E-state index contributed by atoms with van der Waals surface area (Å²) in [5, 5.41) is 12.0. The largest absolute Gasteiger partial charge is 0.300 e. The van der Waals surface area contributed by atoms with E-state index < -0.39 is 6.04 Å². The molecular formula is C19H26N2O3. The maximum Gasteiger partial charge on any atom is 0.235 e. The molecule has 0 bridgehead atoms. The van der Waals surface area contributed by atoms with Crippen molar-refractivity contribution < 1.29 is 9.72 Å². The number of carbonyl (C=O) groups is 1. The summed E-state index contributed by atoms with van der Waals surface area (Å²) in [5.41, 5.74) is 0.676. The van der Waals surface area contributed by atoms with Crippen LogP contribution in [-0.4, -0.2) is 40.3 Å². The number of ketones is 1. The van der Waals surface area contributed by atoms with Gasteiger partial charge in [-0.1, -0.05) is 44.2 Å². The van der Waals surface area contributed by atoms with Gasteiger partial charge in [-0.15, -0.1) is 0 Å². The Bertz CT molecular complexity index is 629. The van der Waals surface area contributed by atoms with E-state index in [-0.39, 0.29) is 34.1 Å². The summed E-state index contributed by atoms with van der Waals surface area (Å²) < 4.78 is 0. The van der Waals surface area contributed by atoms with Crippen molar-refractivity contribution in [2.24, 2.45) is 5.41 Å². The Labute approximate surface area is 143 Å². The Kier molecular flexibility index (Phi) is 4.47. The second-order valence-electron chi connectivity index (χ2n) is 7.86. The quantitative estimate of drug-likeness (QED) is 0.628. The van der Waals surface area contributed by atoms with E-state index in [1.165, 1.54) is 0 Å². The minimum atomic E-state index is -0.617. The molecule has 4 unspecified atom stereocenters. The first-order chi connectivity index (χ1) is 11.3. The topological polar surface area (TPSA) is 63.5 Å². The Balaban J connectivity index is 2.11. The van der Waals surface area contributed by atoms with Crippen molar-refractivity contribution in [3.05, 3.63) is 46.0 Å². The van der Waals surface area contributed by atoms with E-state index in [0.29, 0.717) is 6.42 Å². The molecule has 0 aliphatic carbocycles. The zero-order valence-electron chi connectivity index (χ0n) is 14.6. The van der Waals surface area contributed by atoms with Crippen molar-refractivity contribution in [1.29, 1.82) is 0 Å². The van der Waals surface area contributed by atoms with Gasteiger partial charge < -0.3 is 0 Å². The number of benzene rings is 1. The van der Waals surface area contributed by atoms with Gasteiger partial charge in [-0.25, -0.2) is 0 Å². The van der Waals surface area contributed by atoms with Gasteiger partial charge in [0, 0.05) is 17.4 Å². The van der Waals surface area contributed by atoms with Crippen LogP contribution in [0.25, 0.3) is 0 Å². The molecule has 3 rings (SSSR count). The lowest BCUT2D eigenvalue weighted by atomic mass is 9.61. The predicted molar refractivity (Wildman–Crippen MR) is 92.6 cm³/mol. The van der Waals surface area contributed by atoms with Crippen LogP contribution in [0.4, 0.5) is 0 Å². The molecule has 4 atom stereocenters. The van der Waals surface area contributed by atoms with E-state index in [4.69, 9.17) is 0 Å². The molecule has 2 heterocycles. The molecule has 5 heteroatoms. The average Bonchev–Trinajstić information content (AvgIpc) is 2.98. The van der Waals surface area contributed by atoms with Crippen LogP contribution in [0.1, 0.15) is 51.5 Å². The molecule has 2 fully saturated rings. The van der Waals surface area contributed by atoms with Gasteiger partial charge in [0.15, 0.2) is 0 Å². The molecule has 24 heavy (non-hydrogen) atoms. The predicted octanol–water partition coefficient (Wildman–Crippen LogP) is 3.27. The fourth-order valence-electron chi connectivity index (χ4n) is 5.07. The van der Waals surface area contributed by atoms with Crippen molar-refractivity contribution in [2.45, 2.75) is 64.1 Å². The van der Waals surface area contributed by atoms with E-state index in [2.05, 4.69) is 18.7 Å². The number of Topliss-reactive ketones (excluding diaryl/α,β-unsaturated/α-hetero) is 1. The van der Waals surface area contributed by atoms with Crippen molar-refractivity contribution in [3.8, 4) is 0 Å². The fourth-order valence-corrected chi connectivity index (χ4v) is 5.07. The Hall–Kier alpha value is -1.75. The zero-order chi connectivity index (χ0) is 17.5. The van der Waals surface area contributed by atoms with Crippen LogP contribution >= 0.6 is 0 Å². The molecule has 0 saturated carbocycles. The standard InChI is InChI=1S/C19H26N2O3/c1-13(22)12-16-19(2,3)17(14-8-5-4-6-9-14)18(21(23)24)15-10-7-11-20(15)16/h4-6,8-9,15-18H,7,10-12H2,1-3H3. The van der Waals surface area contributed by atoms with Crippen LogP contribution in [0, 0.1) is 15.5 Å². The Morgan fingerprint density at radius 2 is 2.00 bits per heavy atom. The lowest BCUT2D eigenvalue weighted by Gasteiger charge is -2.53. The molecule has 2 aliphatic heterocycles. The maximum atomic E-state index is 12.0. The van der Waals surface area contributed by atoms with Crippen molar-refractivity contribution in [1.82, 2.24) is 4.90 Å². The van der Waals surface area contributed by atoms with Crippen LogP contribution in [-0.2, 0) is 4.79 Å². The third kappa shape index (κ3) is 2.75. The highest BCUT2D eigenvalue weighted by atomic mass is 16.6. The summed E-state index contributed by atoms with van der Waals surface area (Å²) in [6.07, 6.45) is 2.29. The summed E-state index contributed by atoms with van der Waals surface area (Å²) >= 11 is 0. The molecule has 1 aromatic rings. The van der Waals surface area contributed by atoms with Gasteiger partial charge in [0.05, 0.1) is 12.0 Å². The van der Waals surface area contributed by atoms with Gasteiger partial charge in [-0.05, 0) is 37.3 Å². The van der Waals surface area contributed by atoms with Gasteiger partial charge in [0.2, 0.25) is 6.04 Å². The number of carbonyl (C=O) groups excluding carboxylic acids is 1. The van der Waals surface area contributed by atoms with Crippen molar-refractivity contribution in [2.75, 3.05) is 6.54 Å². The lowest BCUT2D eigenvalue weighted by Crippen LogP contribution is -2.64. The summed E-state index contributed by atoms with van der Waals surface area (Å²) in [6.45, 7) is 6.68. The van der Waals surface area contributed by atoms with Crippen molar-refractivity contribution in [3.63, 3.8) is 0 Å². The number of hydrogen-bond donors (Lipinski definition) is 0. The first-order valence-corrected chi connectivity index (χ1v) is 8.77. The first-order valence-electron chi connectivity index (χ1n) is 8.77. The number of piperidine rings is 1. The smallest absolute Gasteiger partial charge is 0.235 e. The normalized spacial score (nSPS) is 32.3. The molecule has 2 saturated heterocycles. The number of nitro groups is 1. The highest BCUT2D eigenvalue weighted by molar-refractivity contribution is 5.76. The molecule has 0 aromatic heterocycles. The van der Waals surface area contributed by atoms with E-state index in [0.717, 1.165) is 24.9 Å². The van der Waals surface area contributed by atoms with Crippen molar-refractivity contribution >= 4 is 5.78 Å². The van der Waals surface area contributed by atoms with Crippen LogP contribution in [0.3, 0.4) is 0 Å². The summed E-state index contributed by atoms with van der Waals surface area (Å²) in [4.78, 5) is 26.1. The summed E-state index contributed by atoms with van der Waals surface area (Å²) in [7, 11) is 0. The highest BCUT2D eigenvalue weighted by Gasteiger charge is 2.60. The fraction of sp³-hybridized carbons (Fsp3) is 0.632. The first kappa shape index (κ1) is 17.1. The van der Waals surface area contributed by atoms with E-state index in [9.17, 15) is 14.9 Å². The minimum Gasteiger partial charge on any atom is -0.300 e. The molecule has 1 aromatic carbocycles. The van der Waals surface area contributed by atoms with Gasteiger partial charge in [-0.3, -0.25) is 19.8 Å². The average molecular weight is 330 g/mol. The lowest BCUT2D eigenvalue weighted by molar-refractivity contribution is -0.543. The summed E-state index contributed by atoms with van der Waals surface area (Å²) in [6, 6.07) is 9.21. The highest BCUT2D eigenvalue weighted by Crippen LogP contribution is 2.52.